The third-order valence-corrected chi connectivity index (χ3v) is 4.66. The van der Waals surface area contributed by atoms with Gasteiger partial charge >= 0.3 is 6.03 Å². The minimum atomic E-state index is -0.325. The van der Waals surface area contributed by atoms with Gasteiger partial charge in [-0.25, -0.2) is 4.79 Å². The molecule has 0 radical (unpaired) electrons. The highest BCUT2D eigenvalue weighted by atomic mass is 32.2. The molecule has 1 aliphatic heterocycles. The summed E-state index contributed by atoms with van der Waals surface area (Å²) in [5, 5.41) is 11.1. The molecular formula is C13H18N4O3S. The van der Waals surface area contributed by atoms with Gasteiger partial charge in [0.25, 0.3) is 5.22 Å². The number of aromatic nitrogens is 2. The quantitative estimate of drug-likeness (QED) is 0.853. The van der Waals surface area contributed by atoms with E-state index in [4.69, 9.17) is 4.42 Å². The Morgan fingerprint density at radius 2 is 2.14 bits per heavy atom. The van der Waals surface area contributed by atoms with Crippen molar-refractivity contribution in [2.45, 2.75) is 43.2 Å². The van der Waals surface area contributed by atoms with Crippen LogP contribution < -0.4 is 5.32 Å². The maximum absolute atomic E-state index is 11.9. The van der Waals surface area contributed by atoms with E-state index in [1.54, 1.807) is 0 Å². The number of rotatable bonds is 4. The van der Waals surface area contributed by atoms with Gasteiger partial charge in [0.1, 0.15) is 0 Å². The van der Waals surface area contributed by atoms with E-state index in [2.05, 4.69) is 15.5 Å². The Morgan fingerprint density at radius 1 is 1.33 bits per heavy atom. The van der Waals surface area contributed by atoms with Crippen molar-refractivity contribution in [3.8, 4) is 0 Å². The summed E-state index contributed by atoms with van der Waals surface area (Å²) in [6, 6.07) is -0.325. The van der Waals surface area contributed by atoms with Crippen molar-refractivity contribution < 1.29 is 14.0 Å². The normalized spacial score (nSPS) is 19.8. The van der Waals surface area contributed by atoms with Crippen LogP contribution in [0.1, 0.15) is 43.9 Å². The molecule has 21 heavy (non-hydrogen) atoms. The highest BCUT2D eigenvalue weighted by Gasteiger charge is 2.27. The molecule has 2 heterocycles. The van der Waals surface area contributed by atoms with Crippen molar-refractivity contribution in [3.05, 3.63) is 5.89 Å². The van der Waals surface area contributed by atoms with E-state index in [1.165, 1.54) is 35.9 Å². The number of hydrogen-bond donors (Lipinski definition) is 1. The largest absolute Gasteiger partial charge is 0.416 e. The fourth-order valence-electron chi connectivity index (χ4n) is 2.70. The maximum atomic E-state index is 11.9. The van der Waals surface area contributed by atoms with Crippen molar-refractivity contribution in [1.82, 2.24) is 20.4 Å². The van der Waals surface area contributed by atoms with Gasteiger partial charge in [-0.15, -0.1) is 10.2 Å². The molecule has 1 N–H and O–H groups in total. The van der Waals surface area contributed by atoms with E-state index in [0.717, 1.165) is 12.8 Å². The molecule has 114 valence electrons. The third kappa shape index (κ3) is 3.37. The molecular weight excluding hydrogens is 292 g/mol. The molecule has 1 saturated carbocycles. The first-order chi connectivity index (χ1) is 10.2. The van der Waals surface area contributed by atoms with Gasteiger partial charge in [0.15, 0.2) is 0 Å². The molecule has 3 rings (SSSR count). The second-order valence-electron chi connectivity index (χ2n) is 5.31. The molecule has 1 aromatic rings. The fraction of sp³-hybridized carbons (Fsp3) is 0.692. The highest BCUT2D eigenvalue weighted by molar-refractivity contribution is 7.99. The summed E-state index contributed by atoms with van der Waals surface area (Å²) in [6.45, 7) is 0.941. The van der Waals surface area contributed by atoms with Crippen LogP contribution in [0.3, 0.4) is 0 Å². The lowest BCUT2D eigenvalue weighted by Crippen LogP contribution is -2.35. The number of imide groups is 1. The molecule has 0 spiro atoms. The van der Waals surface area contributed by atoms with Crippen LogP contribution in [0, 0.1) is 0 Å². The van der Waals surface area contributed by atoms with E-state index >= 15 is 0 Å². The first kappa shape index (κ1) is 14.4. The molecule has 2 aliphatic rings. The zero-order valence-electron chi connectivity index (χ0n) is 11.7. The standard InChI is InChI=1S/C13H18N4O3S/c18-10(17-7-6-14-12(17)19)8-21-13-16-15-11(20-13)9-4-2-1-3-5-9/h9H,1-8H2,(H,14,19). The van der Waals surface area contributed by atoms with Gasteiger partial charge in [-0.3, -0.25) is 9.69 Å². The van der Waals surface area contributed by atoms with Gasteiger partial charge in [0.2, 0.25) is 11.8 Å². The van der Waals surface area contributed by atoms with Gasteiger partial charge in [-0.1, -0.05) is 31.0 Å². The highest BCUT2D eigenvalue weighted by Crippen LogP contribution is 2.32. The Morgan fingerprint density at radius 3 is 2.86 bits per heavy atom. The molecule has 0 aromatic carbocycles. The van der Waals surface area contributed by atoms with Crippen molar-refractivity contribution >= 4 is 23.7 Å². The third-order valence-electron chi connectivity index (χ3n) is 3.85. The van der Waals surface area contributed by atoms with Gasteiger partial charge in [0, 0.05) is 19.0 Å². The Labute approximate surface area is 126 Å². The number of urea groups is 1. The van der Waals surface area contributed by atoms with E-state index < -0.39 is 0 Å². The minimum Gasteiger partial charge on any atom is -0.416 e. The summed E-state index contributed by atoms with van der Waals surface area (Å²) in [7, 11) is 0. The lowest BCUT2D eigenvalue weighted by Gasteiger charge is -2.17. The molecule has 8 heteroatoms. The number of carbonyl (C=O) groups excluding carboxylic acids is 2. The van der Waals surface area contributed by atoms with Crippen LogP contribution in [0.2, 0.25) is 0 Å². The maximum Gasteiger partial charge on any atom is 0.324 e. The van der Waals surface area contributed by atoms with Crippen LogP contribution in [0.15, 0.2) is 9.64 Å². The number of amides is 3. The average Bonchev–Trinajstić information content (AvgIpc) is 3.15. The average molecular weight is 310 g/mol. The Hall–Kier alpha value is -1.57. The lowest BCUT2D eigenvalue weighted by molar-refractivity contribution is -0.124. The smallest absolute Gasteiger partial charge is 0.324 e. The first-order valence-electron chi connectivity index (χ1n) is 7.28. The van der Waals surface area contributed by atoms with Crippen LogP contribution in [0.25, 0.3) is 0 Å². The summed E-state index contributed by atoms with van der Waals surface area (Å²) >= 11 is 1.19. The van der Waals surface area contributed by atoms with Crippen LogP contribution >= 0.6 is 11.8 Å². The molecule has 2 fully saturated rings. The zero-order valence-corrected chi connectivity index (χ0v) is 12.5. The summed E-state index contributed by atoms with van der Waals surface area (Å²) in [5.74, 6) is 0.955. The zero-order chi connectivity index (χ0) is 14.7. The minimum absolute atomic E-state index is 0.139. The predicted octanol–water partition coefficient (Wildman–Crippen LogP) is 1.76. The number of thioether (sulfide) groups is 1. The molecule has 0 unspecified atom stereocenters. The van der Waals surface area contributed by atoms with Crippen LogP contribution in [-0.4, -0.2) is 45.9 Å². The van der Waals surface area contributed by atoms with Crippen LogP contribution in [0.5, 0.6) is 0 Å². The fourth-order valence-corrected chi connectivity index (χ4v) is 3.35. The summed E-state index contributed by atoms with van der Waals surface area (Å²) in [6.07, 6.45) is 5.88. The predicted molar refractivity (Wildman–Crippen MR) is 76.0 cm³/mol. The lowest BCUT2D eigenvalue weighted by atomic mass is 9.89. The van der Waals surface area contributed by atoms with E-state index in [0.29, 0.717) is 30.1 Å². The Kier molecular flexibility index (Phi) is 4.42. The van der Waals surface area contributed by atoms with Gasteiger partial charge in [-0.2, -0.15) is 0 Å². The van der Waals surface area contributed by atoms with E-state index in [9.17, 15) is 9.59 Å². The van der Waals surface area contributed by atoms with Gasteiger partial charge in [-0.05, 0) is 12.8 Å². The van der Waals surface area contributed by atoms with Gasteiger partial charge < -0.3 is 9.73 Å². The number of nitrogens with one attached hydrogen (secondary N) is 1. The molecule has 1 aromatic heterocycles. The number of carbonyl (C=O) groups is 2. The van der Waals surface area contributed by atoms with Gasteiger partial charge in [0.05, 0.1) is 5.75 Å². The Balaban J connectivity index is 1.52. The molecule has 0 atom stereocenters. The van der Waals surface area contributed by atoms with Crippen LogP contribution in [-0.2, 0) is 4.79 Å². The number of hydrogen-bond acceptors (Lipinski definition) is 6. The molecule has 3 amide bonds. The molecule has 0 bridgehead atoms. The van der Waals surface area contributed by atoms with Crippen molar-refractivity contribution in [2.75, 3.05) is 18.8 Å². The number of nitrogens with zero attached hydrogens (tertiary/aromatic N) is 3. The molecule has 1 saturated heterocycles. The van der Waals surface area contributed by atoms with Crippen molar-refractivity contribution in [3.63, 3.8) is 0 Å². The van der Waals surface area contributed by atoms with E-state index in [-0.39, 0.29) is 17.7 Å². The summed E-state index contributed by atoms with van der Waals surface area (Å²) in [5.41, 5.74) is 0. The van der Waals surface area contributed by atoms with Crippen molar-refractivity contribution in [1.29, 1.82) is 0 Å². The first-order valence-corrected chi connectivity index (χ1v) is 8.27. The second-order valence-corrected chi connectivity index (χ2v) is 6.23. The van der Waals surface area contributed by atoms with E-state index in [1.807, 2.05) is 0 Å². The summed E-state index contributed by atoms with van der Waals surface area (Å²) in [4.78, 5) is 24.5. The monoisotopic (exact) mass is 310 g/mol. The topological polar surface area (TPSA) is 88.3 Å². The molecule has 7 nitrogen and oxygen atoms in total. The van der Waals surface area contributed by atoms with Crippen molar-refractivity contribution in [2.24, 2.45) is 0 Å². The second kappa shape index (κ2) is 6.46. The SMILES string of the molecule is O=C(CSc1nnc(C2CCCCC2)o1)N1CCNC1=O. The summed E-state index contributed by atoms with van der Waals surface area (Å²) < 4.78 is 5.63. The Bertz CT molecular complexity index is 527. The molecule has 1 aliphatic carbocycles. The van der Waals surface area contributed by atoms with Crippen LogP contribution in [0.4, 0.5) is 4.79 Å².